The molecule has 0 aromatic heterocycles. The first-order valence-corrected chi connectivity index (χ1v) is 6.62. The van der Waals surface area contributed by atoms with Crippen LogP contribution >= 0.6 is 0 Å². The van der Waals surface area contributed by atoms with Crippen LogP contribution in [0.4, 0.5) is 0 Å². The van der Waals surface area contributed by atoms with Gasteiger partial charge < -0.3 is 9.84 Å². The van der Waals surface area contributed by atoms with Crippen molar-refractivity contribution in [3.8, 4) is 5.75 Å². The number of hydrogen-bond acceptors (Lipinski definition) is 5. The number of amides is 1. The summed E-state index contributed by atoms with van der Waals surface area (Å²) < 4.78 is 5.05. The molecule has 1 amide bonds. The topological polar surface area (TPSA) is 79.2 Å². The van der Waals surface area contributed by atoms with Crippen LogP contribution in [0.1, 0.15) is 12.0 Å². The summed E-state index contributed by atoms with van der Waals surface area (Å²) in [5.41, 5.74) is 0.437. The van der Waals surface area contributed by atoms with Gasteiger partial charge in [-0.05, 0) is 30.7 Å². The highest BCUT2D eigenvalue weighted by atomic mass is 16.5. The molecule has 0 spiro atoms. The quantitative estimate of drug-likeness (QED) is 0.503. The average molecular weight is 286 g/mol. The molecule has 6 nitrogen and oxygen atoms in total. The first kappa shape index (κ1) is 13.4. The number of carbonyl (C=O) groups is 2. The molecule has 0 atom stereocenters. The molecule has 2 aliphatic rings. The molecule has 0 bridgehead atoms. The third kappa shape index (κ3) is 2.08. The van der Waals surface area contributed by atoms with E-state index in [1.165, 1.54) is 4.90 Å². The number of benzene rings is 1. The van der Waals surface area contributed by atoms with E-state index in [0.29, 0.717) is 24.4 Å². The summed E-state index contributed by atoms with van der Waals surface area (Å²) >= 11 is 0. The molecule has 108 valence electrons. The zero-order chi connectivity index (χ0) is 15.0. The summed E-state index contributed by atoms with van der Waals surface area (Å²) in [5.74, 6) is -0.627. The summed E-state index contributed by atoms with van der Waals surface area (Å²) in [6, 6.07) is 6.61. The maximum atomic E-state index is 12.1. The Hall–Kier alpha value is -2.63. The second-order valence-electron chi connectivity index (χ2n) is 4.80. The van der Waals surface area contributed by atoms with Gasteiger partial charge in [-0.25, -0.2) is 0 Å². The maximum absolute atomic E-state index is 12.1. The molecule has 0 aliphatic carbocycles. The summed E-state index contributed by atoms with van der Waals surface area (Å²) in [4.78, 5) is 29.6. The van der Waals surface area contributed by atoms with Crippen LogP contribution < -0.4 is 4.74 Å². The van der Waals surface area contributed by atoms with E-state index in [4.69, 9.17) is 4.74 Å². The van der Waals surface area contributed by atoms with Crippen molar-refractivity contribution in [1.29, 1.82) is 0 Å². The van der Waals surface area contributed by atoms with Crippen molar-refractivity contribution in [3.63, 3.8) is 0 Å². The maximum Gasteiger partial charge on any atom is 0.300 e. The minimum absolute atomic E-state index is 0.00938. The molecule has 1 aromatic carbocycles. The second kappa shape index (κ2) is 5.05. The van der Waals surface area contributed by atoms with Crippen molar-refractivity contribution in [2.75, 3.05) is 20.2 Å². The van der Waals surface area contributed by atoms with Gasteiger partial charge in [0.05, 0.1) is 7.11 Å². The van der Waals surface area contributed by atoms with Crippen LogP contribution in [-0.4, -0.2) is 47.7 Å². The highest BCUT2D eigenvalue weighted by Crippen LogP contribution is 2.27. The lowest BCUT2D eigenvalue weighted by atomic mass is 10.1. The number of aliphatic hydroxyl groups is 1. The second-order valence-corrected chi connectivity index (χ2v) is 4.80. The summed E-state index contributed by atoms with van der Waals surface area (Å²) in [5, 5.41) is 10.4. The van der Waals surface area contributed by atoms with E-state index in [1.807, 2.05) is 0 Å². The fraction of sp³-hybridized carbons (Fsp3) is 0.267. The standard InChI is InChI=1S/C15H14N2O4/c1-21-10-5-3-9(4-6-10)12(18)11-13(19)15(20)17-8-2-7-16-14(11)17/h3-6,18H,2,7-8H2,1H3/b12-11+. The summed E-state index contributed by atoms with van der Waals surface area (Å²) in [6.45, 7) is 1.01. The number of Topliss-reactive ketones (excluding diaryl/α,β-unsaturated/α-hetero) is 1. The zero-order valence-electron chi connectivity index (χ0n) is 11.5. The van der Waals surface area contributed by atoms with E-state index in [2.05, 4.69) is 4.99 Å². The SMILES string of the molecule is COc1ccc(/C(O)=C2/C(=O)C(=O)N3CCCN=C23)cc1. The van der Waals surface area contributed by atoms with Crippen molar-refractivity contribution in [2.45, 2.75) is 6.42 Å². The van der Waals surface area contributed by atoms with E-state index >= 15 is 0 Å². The molecule has 0 saturated carbocycles. The van der Waals surface area contributed by atoms with Gasteiger partial charge in [0.2, 0.25) is 0 Å². The molecule has 1 fully saturated rings. The molecule has 2 heterocycles. The lowest BCUT2D eigenvalue weighted by Crippen LogP contribution is -2.35. The van der Waals surface area contributed by atoms with Crippen LogP contribution in [-0.2, 0) is 9.59 Å². The number of aliphatic hydroxyl groups excluding tert-OH is 1. The molecule has 1 aromatic rings. The Morgan fingerprint density at radius 3 is 2.67 bits per heavy atom. The Kier molecular flexibility index (Phi) is 3.21. The van der Waals surface area contributed by atoms with E-state index in [-0.39, 0.29) is 17.2 Å². The van der Waals surface area contributed by atoms with Crippen LogP contribution in [0.25, 0.3) is 5.76 Å². The number of methoxy groups -OCH3 is 1. The number of amidine groups is 1. The number of ether oxygens (including phenoxy) is 1. The molecular formula is C15H14N2O4. The molecule has 1 N–H and O–H groups in total. The summed E-state index contributed by atoms with van der Waals surface area (Å²) in [7, 11) is 1.54. The molecule has 3 rings (SSSR count). The molecule has 0 unspecified atom stereocenters. The lowest BCUT2D eigenvalue weighted by Gasteiger charge is -2.19. The Morgan fingerprint density at radius 1 is 1.29 bits per heavy atom. The number of ketones is 1. The van der Waals surface area contributed by atoms with Gasteiger partial charge in [-0.3, -0.25) is 19.5 Å². The predicted molar refractivity (Wildman–Crippen MR) is 76.2 cm³/mol. The van der Waals surface area contributed by atoms with Crippen LogP contribution in [0, 0.1) is 0 Å². The van der Waals surface area contributed by atoms with E-state index in [9.17, 15) is 14.7 Å². The molecule has 2 aliphatic heterocycles. The van der Waals surface area contributed by atoms with Gasteiger partial charge in [0.25, 0.3) is 5.78 Å². The number of hydrogen-bond donors (Lipinski definition) is 1. The van der Waals surface area contributed by atoms with Crippen molar-refractivity contribution in [3.05, 3.63) is 35.4 Å². The monoisotopic (exact) mass is 286 g/mol. The number of rotatable bonds is 2. The van der Waals surface area contributed by atoms with Crippen LogP contribution in [0.3, 0.4) is 0 Å². The van der Waals surface area contributed by atoms with Gasteiger partial charge in [0.1, 0.15) is 22.9 Å². The smallest absolute Gasteiger partial charge is 0.300 e. The van der Waals surface area contributed by atoms with Gasteiger partial charge in [-0.1, -0.05) is 0 Å². The van der Waals surface area contributed by atoms with Gasteiger partial charge in [0, 0.05) is 18.7 Å². The third-order valence-electron chi connectivity index (χ3n) is 3.55. The molecule has 6 heteroatoms. The Morgan fingerprint density at radius 2 is 2.00 bits per heavy atom. The van der Waals surface area contributed by atoms with E-state index < -0.39 is 11.7 Å². The first-order chi connectivity index (χ1) is 10.1. The van der Waals surface area contributed by atoms with E-state index in [1.54, 1.807) is 31.4 Å². The number of nitrogens with zero attached hydrogens (tertiary/aromatic N) is 2. The van der Waals surface area contributed by atoms with Gasteiger partial charge in [-0.2, -0.15) is 0 Å². The zero-order valence-corrected chi connectivity index (χ0v) is 11.5. The first-order valence-electron chi connectivity index (χ1n) is 6.62. The van der Waals surface area contributed by atoms with Gasteiger partial charge >= 0.3 is 5.91 Å². The summed E-state index contributed by atoms with van der Waals surface area (Å²) in [6.07, 6.45) is 0.721. The fourth-order valence-electron chi connectivity index (χ4n) is 2.45. The van der Waals surface area contributed by atoms with E-state index in [0.717, 1.165) is 6.42 Å². The lowest BCUT2D eigenvalue weighted by molar-refractivity contribution is -0.138. The van der Waals surface area contributed by atoms with Crippen LogP contribution in [0.5, 0.6) is 5.75 Å². The van der Waals surface area contributed by atoms with Crippen LogP contribution in [0.15, 0.2) is 34.8 Å². The molecular weight excluding hydrogens is 272 g/mol. The fourth-order valence-corrected chi connectivity index (χ4v) is 2.45. The normalized spacial score (nSPS) is 20.2. The number of carbonyl (C=O) groups excluding carboxylic acids is 2. The Bertz CT molecular complexity index is 673. The van der Waals surface area contributed by atoms with Crippen molar-refractivity contribution in [1.82, 2.24) is 4.90 Å². The predicted octanol–water partition coefficient (Wildman–Crippen LogP) is 1.18. The van der Waals surface area contributed by atoms with Gasteiger partial charge in [-0.15, -0.1) is 0 Å². The molecule has 21 heavy (non-hydrogen) atoms. The average Bonchev–Trinajstić information content (AvgIpc) is 2.79. The number of aliphatic imine (C=N–C) groups is 1. The van der Waals surface area contributed by atoms with Crippen molar-refractivity contribution in [2.24, 2.45) is 4.99 Å². The third-order valence-corrected chi connectivity index (χ3v) is 3.55. The van der Waals surface area contributed by atoms with Crippen LogP contribution in [0.2, 0.25) is 0 Å². The van der Waals surface area contributed by atoms with Crippen molar-refractivity contribution < 1.29 is 19.4 Å². The molecule has 0 radical (unpaired) electrons. The largest absolute Gasteiger partial charge is 0.506 e. The van der Waals surface area contributed by atoms with Crippen molar-refractivity contribution >= 4 is 23.3 Å². The Balaban J connectivity index is 2.08. The minimum atomic E-state index is -0.705. The highest BCUT2D eigenvalue weighted by molar-refractivity contribution is 6.58. The van der Waals surface area contributed by atoms with Gasteiger partial charge in [0.15, 0.2) is 0 Å². The minimum Gasteiger partial charge on any atom is -0.506 e. The highest BCUT2D eigenvalue weighted by Gasteiger charge is 2.43. The number of fused-ring (bicyclic) bond motifs is 1. The Labute approximate surface area is 121 Å². The molecule has 1 saturated heterocycles.